The minimum absolute atomic E-state index is 0.0413. The van der Waals surface area contributed by atoms with Crippen LogP contribution in [0.2, 0.25) is 0 Å². The van der Waals surface area contributed by atoms with Gasteiger partial charge >= 0.3 is 0 Å². The van der Waals surface area contributed by atoms with Crippen molar-refractivity contribution in [1.82, 2.24) is 14.8 Å². The standard InChI is InChI=1S/C27H39N3O3/c1-8-29(9-2)21(31)16-30-17(3)22(19-11-10-12-20(33-7)23(19)30)24(32)28-25-26(4,5)18-13-14-27(25,6)15-18/h10-12,18,25H,8-9,13-16H2,1-7H3,(H,28,32)/t18?,25-,27+/m1/s1. The number of aromatic nitrogens is 1. The number of carbonyl (C=O) groups excluding carboxylic acids is 2. The highest BCUT2D eigenvalue weighted by atomic mass is 16.5. The number of nitrogens with zero attached hydrogens (tertiary/aromatic N) is 2. The van der Waals surface area contributed by atoms with Crippen molar-refractivity contribution in [3.63, 3.8) is 0 Å². The molecule has 4 rings (SSSR count). The molecular formula is C27H39N3O3. The minimum atomic E-state index is -0.0494. The monoisotopic (exact) mass is 453 g/mol. The Kier molecular flexibility index (Phi) is 6.00. The predicted octanol–water partition coefficient (Wildman–Crippen LogP) is 4.77. The van der Waals surface area contributed by atoms with Crippen molar-refractivity contribution >= 4 is 22.7 Å². The van der Waals surface area contributed by atoms with Crippen molar-refractivity contribution in [2.75, 3.05) is 20.2 Å². The fourth-order valence-electron chi connectivity index (χ4n) is 6.83. The summed E-state index contributed by atoms with van der Waals surface area (Å²) in [7, 11) is 1.63. The van der Waals surface area contributed by atoms with Gasteiger partial charge < -0.3 is 19.5 Å². The second kappa shape index (κ2) is 8.37. The van der Waals surface area contributed by atoms with Gasteiger partial charge in [-0.05, 0) is 62.8 Å². The second-order valence-corrected chi connectivity index (χ2v) is 10.8. The number of para-hydroxylation sites is 1. The van der Waals surface area contributed by atoms with Crippen LogP contribution in [0.3, 0.4) is 0 Å². The number of carbonyl (C=O) groups is 2. The van der Waals surface area contributed by atoms with E-state index in [1.807, 2.05) is 48.4 Å². The van der Waals surface area contributed by atoms with E-state index in [4.69, 9.17) is 4.74 Å². The molecule has 0 radical (unpaired) electrons. The molecule has 1 aromatic heterocycles. The van der Waals surface area contributed by atoms with Gasteiger partial charge in [-0.3, -0.25) is 9.59 Å². The number of methoxy groups -OCH3 is 1. The highest BCUT2D eigenvalue weighted by molar-refractivity contribution is 6.10. The Balaban J connectivity index is 1.76. The van der Waals surface area contributed by atoms with Crippen LogP contribution in [0.5, 0.6) is 5.75 Å². The molecule has 1 unspecified atom stereocenters. The molecule has 2 aromatic rings. The average molecular weight is 454 g/mol. The zero-order valence-corrected chi connectivity index (χ0v) is 21.2. The highest BCUT2D eigenvalue weighted by Crippen LogP contribution is 2.62. The fourth-order valence-corrected chi connectivity index (χ4v) is 6.83. The lowest BCUT2D eigenvalue weighted by molar-refractivity contribution is -0.131. The molecule has 0 saturated heterocycles. The Morgan fingerprint density at radius 1 is 1.21 bits per heavy atom. The van der Waals surface area contributed by atoms with Crippen LogP contribution >= 0.6 is 0 Å². The molecule has 1 heterocycles. The molecule has 2 aliphatic carbocycles. The van der Waals surface area contributed by atoms with Crippen LogP contribution in [0.15, 0.2) is 18.2 Å². The first-order valence-electron chi connectivity index (χ1n) is 12.3. The molecule has 180 valence electrons. The molecule has 6 heteroatoms. The van der Waals surface area contributed by atoms with Gasteiger partial charge in [0, 0.05) is 30.2 Å². The van der Waals surface area contributed by atoms with Crippen molar-refractivity contribution in [2.45, 2.75) is 73.4 Å². The van der Waals surface area contributed by atoms with Crippen molar-refractivity contribution in [3.05, 3.63) is 29.5 Å². The Morgan fingerprint density at radius 3 is 2.48 bits per heavy atom. The molecule has 33 heavy (non-hydrogen) atoms. The number of fused-ring (bicyclic) bond motifs is 3. The first kappa shape index (κ1) is 23.7. The van der Waals surface area contributed by atoms with E-state index < -0.39 is 0 Å². The van der Waals surface area contributed by atoms with E-state index in [0.29, 0.717) is 30.3 Å². The van der Waals surface area contributed by atoms with Crippen LogP contribution in [0.25, 0.3) is 10.9 Å². The minimum Gasteiger partial charge on any atom is -0.495 e. The molecule has 1 aromatic carbocycles. The van der Waals surface area contributed by atoms with E-state index in [0.717, 1.165) is 16.6 Å². The Morgan fingerprint density at radius 2 is 1.91 bits per heavy atom. The Hall–Kier alpha value is -2.50. The number of likely N-dealkylation sites (N-methyl/N-ethyl adjacent to an activating group) is 1. The molecule has 0 spiro atoms. The van der Waals surface area contributed by atoms with Gasteiger partial charge in [0.05, 0.1) is 18.2 Å². The van der Waals surface area contributed by atoms with Crippen LogP contribution in [-0.2, 0) is 11.3 Å². The van der Waals surface area contributed by atoms with E-state index in [1.165, 1.54) is 19.3 Å². The van der Waals surface area contributed by atoms with Crippen molar-refractivity contribution in [1.29, 1.82) is 0 Å². The molecule has 6 nitrogen and oxygen atoms in total. The summed E-state index contributed by atoms with van der Waals surface area (Å²) in [5, 5.41) is 4.29. The van der Waals surface area contributed by atoms with Crippen molar-refractivity contribution in [3.8, 4) is 5.75 Å². The molecule has 0 aliphatic heterocycles. The number of ether oxygens (including phenoxy) is 1. The van der Waals surface area contributed by atoms with Crippen LogP contribution < -0.4 is 10.1 Å². The maximum absolute atomic E-state index is 13.8. The SMILES string of the molecule is CCN(CC)C(=O)Cn1c(C)c(C(=O)N[C@@H]2C(C)(C)C3CC[C@@]2(C)C3)c2cccc(OC)c21. The third-order valence-corrected chi connectivity index (χ3v) is 8.71. The third-order valence-electron chi connectivity index (χ3n) is 8.71. The first-order valence-corrected chi connectivity index (χ1v) is 12.3. The zero-order valence-electron chi connectivity index (χ0n) is 21.2. The summed E-state index contributed by atoms with van der Waals surface area (Å²) in [4.78, 5) is 28.7. The number of amides is 2. The van der Waals surface area contributed by atoms with Gasteiger partial charge in [-0.1, -0.05) is 32.9 Å². The molecule has 2 fully saturated rings. The van der Waals surface area contributed by atoms with E-state index in [-0.39, 0.29) is 35.2 Å². The molecule has 2 saturated carbocycles. The lowest BCUT2D eigenvalue weighted by atomic mass is 9.68. The molecule has 2 amide bonds. The predicted molar refractivity (Wildman–Crippen MR) is 132 cm³/mol. The summed E-state index contributed by atoms with van der Waals surface area (Å²) in [5.41, 5.74) is 2.48. The quantitative estimate of drug-likeness (QED) is 0.657. The third kappa shape index (κ3) is 3.62. The van der Waals surface area contributed by atoms with E-state index >= 15 is 0 Å². The maximum Gasteiger partial charge on any atom is 0.253 e. The molecule has 1 N–H and O–H groups in total. The summed E-state index contributed by atoms with van der Waals surface area (Å²) in [6, 6.07) is 5.90. The average Bonchev–Trinajstić information content (AvgIpc) is 3.36. The molecule has 3 atom stereocenters. The fraction of sp³-hybridized carbons (Fsp3) is 0.630. The van der Waals surface area contributed by atoms with Crippen LogP contribution in [0.4, 0.5) is 0 Å². The summed E-state index contributed by atoms with van der Waals surface area (Å²) >= 11 is 0. The van der Waals surface area contributed by atoms with Gasteiger partial charge in [-0.25, -0.2) is 0 Å². The Bertz CT molecular complexity index is 1080. The van der Waals surface area contributed by atoms with Crippen LogP contribution in [0, 0.1) is 23.7 Å². The molecule has 2 bridgehead atoms. The smallest absolute Gasteiger partial charge is 0.253 e. The van der Waals surface area contributed by atoms with Crippen molar-refractivity contribution < 1.29 is 14.3 Å². The van der Waals surface area contributed by atoms with Gasteiger partial charge in [0.1, 0.15) is 12.3 Å². The number of rotatable bonds is 7. The zero-order chi connectivity index (χ0) is 24.1. The van der Waals surface area contributed by atoms with Crippen LogP contribution in [-0.4, -0.2) is 47.5 Å². The summed E-state index contributed by atoms with van der Waals surface area (Å²) < 4.78 is 7.61. The van der Waals surface area contributed by atoms with E-state index in [1.54, 1.807) is 7.11 Å². The van der Waals surface area contributed by atoms with Gasteiger partial charge in [-0.2, -0.15) is 0 Å². The Labute approximate surface area is 197 Å². The number of hydrogen-bond donors (Lipinski definition) is 1. The lowest BCUT2D eigenvalue weighted by Crippen LogP contribution is -2.52. The van der Waals surface area contributed by atoms with Crippen LogP contribution in [0.1, 0.15) is 69.9 Å². The molecule has 2 aliphatic rings. The second-order valence-electron chi connectivity index (χ2n) is 10.8. The summed E-state index contributed by atoms with van der Waals surface area (Å²) in [6.45, 7) is 14.4. The van der Waals surface area contributed by atoms with Gasteiger partial charge in [0.25, 0.3) is 5.91 Å². The topological polar surface area (TPSA) is 63.6 Å². The number of nitrogens with one attached hydrogen (secondary N) is 1. The number of benzene rings is 1. The summed E-state index contributed by atoms with van der Waals surface area (Å²) in [6.07, 6.45) is 3.59. The van der Waals surface area contributed by atoms with E-state index in [9.17, 15) is 9.59 Å². The lowest BCUT2D eigenvalue weighted by Gasteiger charge is -2.43. The normalized spacial score (nSPS) is 25.4. The van der Waals surface area contributed by atoms with Gasteiger partial charge in [-0.15, -0.1) is 0 Å². The maximum atomic E-state index is 13.8. The van der Waals surface area contributed by atoms with Gasteiger partial charge in [0.2, 0.25) is 5.91 Å². The summed E-state index contributed by atoms with van der Waals surface area (Å²) in [5.74, 6) is 1.32. The molecular weight excluding hydrogens is 414 g/mol. The highest BCUT2D eigenvalue weighted by Gasteiger charge is 2.59. The van der Waals surface area contributed by atoms with E-state index in [2.05, 4.69) is 26.1 Å². The van der Waals surface area contributed by atoms with Crippen molar-refractivity contribution in [2.24, 2.45) is 16.7 Å². The first-order chi connectivity index (χ1) is 15.6. The largest absolute Gasteiger partial charge is 0.495 e. The van der Waals surface area contributed by atoms with Gasteiger partial charge in [0.15, 0.2) is 0 Å². The number of hydrogen-bond acceptors (Lipinski definition) is 3.